The van der Waals surface area contributed by atoms with Crippen molar-refractivity contribution in [2.45, 2.75) is 39.0 Å². The van der Waals surface area contributed by atoms with E-state index in [9.17, 15) is 4.79 Å². The van der Waals surface area contributed by atoms with Gasteiger partial charge in [-0.2, -0.15) is 0 Å². The number of carbonyl (C=O) groups excluding carboxylic acids is 1. The molecule has 126 valence electrons. The van der Waals surface area contributed by atoms with Crippen LogP contribution in [0.2, 0.25) is 0 Å². The summed E-state index contributed by atoms with van der Waals surface area (Å²) in [5, 5.41) is 0. The second-order valence-electron chi connectivity index (χ2n) is 7.31. The monoisotopic (exact) mass is 315 g/mol. The van der Waals surface area contributed by atoms with E-state index in [2.05, 4.69) is 16.8 Å². The summed E-state index contributed by atoms with van der Waals surface area (Å²) >= 11 is 0. The molecule has 2 aliphatic heterocycles. The smallest absolute Gasteiger partial charge is 0.253 e. The molecule has 0 aliphatic carbocycles. The second kappa shape index (κ2) is 7.91. The second-order valence-corrected chi connectivity index (χ2v) is 7.31. The summed E-state index contributed by atoms with van der Waals surface area (Å²) in [6.07, 6.45) is 9.62. The van der Waals surface area contributed by atoms with Crippen LogP contribution in [0.15, 0.2) is 24.5 Å². The van der Waals surface area contributed by atoms with Gasteiger partial charge in [0.25, 0.3) is 5.91 Å². The summed E-state index contributed by atoms with van der Waals surface area (Å²) in [6.45, 7) is 7.91. The fraction of sp³-hybridized carbons (Fsp3) is 0.684. The molecule has 2 aliphatic rings. The minimum absolute atomic E-state index is 0.167. The molecule has 1 aromatic rings. The molecule has 0 saturated carbocycles. The largest absolute Gasteiger partial charge is 0.339 e. The minimum atomic E-state index is 0.167. The first-order chi connectivity index (χ1) is 11.2. The van der Waals surface area contributed by atoms with Gasteiger partial charge in [-0.3, -0.25) is 9.78 Å². The third-order valence-electron chi connectivity index (χ3n) is 5.45. The van der Waals surface area contributed by atoms with Gasteiger partial charge in [0.1, 0.15) is 0 Å². The lowest BCUT2D eigenvalue weighted by Crippen LogP contribution is -2.37. The van der Waals surface area contributed by atoms with Gasteiger partial charge in [0.05, 0.1) is 0 Å². The Bertz CT molecular complexity index is 497. The van der Waals surface area contributed by atoms with E-state index < -0.39 is 0 Å². The predicted molar refractivity (Wildman–Crippen MR) is 92.3 cm³/mol. The first-order valence-corrected chi connectivity index (χ1v) is 9.14. The van der Waals surface area contributed by atoms with Crippen LogP contribution in [-0.4, -0.2) is 53.4 Å². The quantitative estimate of drug-likeness (QED) is 0.860. The van der Waals surface area contributed by atoms with Gasteiger partial charge in [0.2, 0.25) is 0 Å². The highest BCUT2D eigenvalue weighted by Crippen LogP contribution is 2.23. The highest BCUT2D eigenvalue weighted by atomic mass is 16.2. The van der Waals surface area contributed by atoms with Crippen LogP contribution >= 0.6 is 0 Å². The van der Waals surface area contributed by atoms with Crippen molar-refractivity contribution in [3.05, 3.63) is 30.1 Å². The number of rotatable bonds is 3. The number of likely N-dealkylation sites (tertiary alicyclic amines) is 2. The zero-order valence-electron chi connectivity index (χ0n) is 14.3. The molecule has 2 saturated heterocycles. The van der Waals surface area contributed by atoms with Crippen LogP contribution in [0.1, 0.15) is 49.4 Å². The Morgan fingerprint density at radius 3 is 2.57 bits per heavy atom. The lowest BCUT2D eigenvalue weighted by molar-refractivity contribution is 0.0758. The van der Waals surface area contributed by atoms with Crippen molar-refractivity contribution in [1.82, 2.24) is 14.8 Å². The molecule has 3 heterocycles. The maximum atomic E-state index is 12.6. The number of carbonyl (C=O) groups is 1. The van der Waals surface area contributed by atoms with E-state index in [-0.39, 0.29) is 5.91 Å². The summed E-state index contributed by atoms with van der Waals surface area (Å²) in [7, 11) is 0. The molecule has 4 heteroatoms. The number of pyridine rings is 1. The van der Waals surface area contributed by atoms with E-state index in [0.29, 0.717) is 0 Å². The molecule has 2 fully saturated rings. The van der Waals surface area contributed by atoms with E-state index >= 15 is 0 Å². The lowest BCUT2D eigenvalue weighted by atomic mass is 9.95. The van der Waals surface area contributed by atoms with E-state index in [1.165, 1.54) is 38.9 Å². The average Bonchev–Trinajstić information content (AvgIpc) is 2.83. The molecule has 0 N–H and O–H groups in total. The Kier molecular flexibility index (Phi) is 5.65. The van der Waals surface area contributed by atoms with Gasteiger partial charge in [-0.05, 0) is 69.2 Å². The SMILES string of the molecule is CC1CCN(CC2CCCN(C(=O)c3ccncc3)CC2)CC1. The van der Waals surface area contributed by atoms with Gasteiger partial charge < -0.3 is 9.80 Å². The van der Waals surface area contributed by atoms with Crippen molar-refractivity contribution in [3.63, 3.8) is 0 Å². The minimum Gasteiger partial charge on any atom is -0.339 e. The molecule has 0 aromatic carbocycles. The van der Waals surface area contributed by atoms with Crippen molar-refractivity contribution < 1.29 is 4.79 Å². The Morgan fingerprint density at radius 2 is 1.83 bits per heavy atom. The molecule has 0 spiro atoms. The molecular formula is C19H29N3O. The van der Waals surface area contributed by atoms with Crippen molar-refractivity contribution in [3.8, 4) is 0 Å². The molecule has 3 rings (SSSR count). The van der Waals surface area contributed by atoms with Crippen LogP contribution in [0.3, 0.4) is 0 Å². The molecule has 1 amide bonds. The van der Waals surface area contributed by atoms with Gasteiger partial charge in [0.15, 0.2) is 0 Å². The first-order valence-electron chi connectivity index (χ1n) is 9.14. The van der Waals surface area contributed by atoms with Crippen LogP contribution in [0.25, 0.3) is 0 Å². The Balaban J connectivity index is 1.50. The molecule has 0 radical (unpaired) electrons. The molecule has 4 nitrogen and oxygen atoms in total. The van der Waals surface area contributed by atoms with Gasteiger partial charge in [-0.15, -0.1) is 0 Å². The number of nitrogens with zero attached hydrogens (tertiary/aromatic N) is 3. The van der Waals surface area contributed by atoms with Crippen molar-refractivity contribution >= 4 is 5.91 Å². The maximum Gasteiger partial charge on any atom is 0.253 e. The Morgan fingerprint density at radius 1 is 1.09 bits per heavy atom. The molecule has 1 aromatic heterocycles. The summed E-state index contributed by atoms with van der Waals surface area (Å²) in [4.78, 5) is 21.2. The van der Waals surface area contributed by atoms with Crippen LogP contribution in [0, 0.1) is 11.8 Å². The number of aromatic nitrogens is 1. The van der Waals surface area contributed by atoms with Crippen molar-refractivity contribution in [2.24, 2.45) is 11.8 Å². The zero-order chi connectivity index (χ0) is 16.1. The Labute approximate surface area is 139 Å². The molecule has 23 heavy (non-hydrogen) atoms. The van der Waals surface area contributed by atoms with Gasteiger partial charge in [0, 0.05) is 37.6 Å². The average molecular weight is 315 g/mol. The molecule has 1 unspecified atom stereocenters. The van der Waals surface area contributed by atoms with Crippen LogP contribution in [0.5, 0.6) is 0 Å². The fourth-order valence-electron chi connectivity index (χ4n) is 3.84. The summed E-state index contributed by atoms with van der Waals surface area (Å²) in [6, 6.07) is 3.64. The normalized spacial score (nSPS) is 24.4. The van der Waals surface area contributed by atoms with Gasteiger partial charge in [-0.25, -0.2) is 0 Å². The van der Waals surface area contributed by atoms with E-state index in [1.807, 2.05) is 17.0 Å². The highest BCUT2D eigenvalue weighted by molar-refractivity contribution is 5.94. The van der Waals surface area contributed by atoms with E-state index in [1.54, 1.807) is 12.4 Å². The molecule has 0 bridgehead atoms. The lowest BCUT2D eigenvalue weighted by Gasteiger charge is -2.32. The van der Waals surface area contributed by atoms with Crippen molar-refractivity contribution in [2.75, 3.05) is 32.7 Å². The summed E-state index contributed by atoms with van der Waals surface area (Å²) in [5.74, 6) is 1.81. The number of hydrogen-bond donors (Lipinski definition) is 0. The first kappa shape index (κ1) is 16.4. The van der Waals surface area contributed by atoms with Crippen molar-refractivity contribution in [1.29, 1.82) is 0 Å². The predicted octanol–water partition coefficient (Wildman–Crippen LogP) is 3.06. The molecule has 1 atom stereocenters. The fourth-order valence-corrected chi connectivity index (χ4v) is 3.84. The third-order valence-corrected chi connectivity index (χ3v) is 5.45. The van der Waals surface area contributed by atoms with Gasteiger partial charge in [-0.1, -0.05) is 6.92 Å². The number of piperidine rings is 1. The summed E-state index contributed by atoms with van der Waals surface area (Å²) in [5.41, 5.74) is 0.767. The highest BCUT2D eigenvalue weighted by Gasteiger charge is 2.24. The molecular weight excluding hydrogens is 286 g/mol. The third kappa shape index (κ3) is 4.54. The van der Waals surface area contributed by atoms with Crippen LogP contribution in [-0.2, 0) is 0 Å². The van der Waals surface area contributed by atoms with E-state index in [4.69, 9.17) is 0 Å². The number of hydrogen-bond acceptors (Lipinski definition) is 3. The number of amides is 1. The van der Waals surface area contributed by atoms with E-state index in [0.717, 1.165) is 43.3 Å². The van der Waals surface area contributed by atoms with Crippen LogP contribution < -0.4 is 0 Å². The standard InChI is InChI=1S/C19H29N3O/c1-16-6-12-21(13-7-16)15-17-3-2-11-22(14-8-17)19(23)18-4-9-20-10-5-18/h4-5,9-10,16-17H,2-3,6-8,11-15H2,1H3. The van der Waals surface area contributed by atoms with Crippen LogP contribution in [0.4, 0.5) is 0 Å². The Hall–Kier alpha value is -1.42. The summed E-state index contributed by atoms with van der Waals surface area (Å²) < 4.78 is 0. The zero-order valence-corrected chi connectivity index (χ0v) is 14.3. The van der Waals surface area contributed by atoms with Gasteiger partial charge >= 0.3 is 0 Å². The topological polar surface area (TPSA) is 36.4 Å². The maximum absolute atomic E-state index is 12.6.